The van der Waals surface area contributed by atoms with Crippen LogP contribution in [0, 0.1) is 5.92 Å². The lowest BCUT2D eigenvalue weighted by Gasteiger charge is -2.12. The Balaban J connectivity index is 2.00. The summed E-state index contributed by atoms with van der Waals surface area (Å²) in [6.45, 7) is 2.86. The molecule has 4 nitrogen and oxygen atoms in total. The monoisotopic (exact) mass is 241 g/mol. The van der Waals surface area contributed by atoms with Crippen molar-refractivity contribution in [3.8, 4) is 0 Å². The molecular formula is C11H19N3OS. The van der Waals surface area contributed by atoms with E-state index < -0.39 is 0 Å². The van der Waals surface area contributed by atoms with E-state index in [1.165, 1.54) is 12.8 Å². The lowest BCUT2D eigenvalue weighted by molar-refractivity contribution is 0.324. The van der Waals surface area contributed by atoms with Crippen molar-refractivity contribution in [2.75, 3.05) is 12.3 Å². The molecule has 2 atom stereocenters. The zero-order chi connectivity index (χ0) is 11.4. The second-order valence-corrected chi connectivity index (χ2v) is 5.49. The van der Waals surface area contributed by atoms with Crippen LogP contribution in [0.1, 0.15) is 43.8 Å². The normalized spacial score (nSPS) is 25.1. The van der Waals surface area contributed by atoms with Gasteiger partial charge in [0.25, 0.3) is 0 Å². The minimum absolute atomic E-state index is 0.401. The Morgan fingerprint density at radius 3 is 3.12 bits per heavy atom. The van der Waals surface area contributed by atoms with Crippen molar-refractivity contribution in [3.05, 3.63) is 11.7 Å². The maximum absolute atomic E-state index is 5.75. The van der Waals surface area contributed by atoms with Crippen LogP contribution in [-0.2, 0) is 5.75 Å². The van der Waals surface area contributed by atoms with Crippen molar-refractivity contribution < 1.29 is 4.52 Å². The van der Waals surface area contributed by atoms with Crippen molar-refractivity contribution in [1.29, 1.82) is 0 Å². The molecule has 1 heterocycles. The fraction of sp³-hybridized carbons (Fsp3) is 0.818. The second-order valence-electron chi connectivity index (χ2n) is 4.22. The van der Waals surface area contributed by atoms with Crippen LogP contribution in [0.2, 0.25) is 0 Å². The second kappa shape index (κ2) is 5.68. The van der Waals surface area contributed by atoms with Gasteiger partial charge in [0.1, 0.15) is 0 Å². The van der Waals surface area contributed by atoms with Gasteiger partial charge in [-0.15, -0.1) is 0 Å². The molecule has 5 heteroatoms. The quantitative estimate of drug-likeness (QED) is 0.855. The molecule has 1 aromatic rings. The highest BCUT2D eigenvalue weighted by molar-refractivity contribution is 7.98. The Kier molecular flexibility index (Phi) is 4.23. The first-order chi connectivity index (χ1) is 7.85. The first kappa shape index (κ1) is 11.9. The number of hydrogen-bond donors (Lipinski definition) is 1. The molecule has 1 aliphatic rings. The van der Waals surface area contributed by atoms with Gasteiger partial charge in [-0.1, -0.05) is 18.5 Å². The van der Waals surface area contributed by atoms with Crippen molar-refractivity contribution in [2.45, 2.75) is 37.9 Å². The fourth-order valence-corrected chi connectivity index (χ4v) is 2.82. The molecule has 90 valence electrons. The molecule has 0 bridgehead atoms. The first-order valence-electron chi connectivity index (χ1n) is 5.95. The zero-order valence-electron chi connectivity index (χ0n) is 9.69. The molecule has 2 unspecified atom stereocenters. The molecule has 0 aliphatic heterocycles. The molecule has 16 heavy (non-hydrogen) atoms. The van der Waals surface area contributed by atoms with E-state index in [1.54, 1.807) is 0 Å². The summed E-state index contributed by atoms with van der Waals surface area (Å²) in [4.78, 5) is 4.47. The van der Waals surface area contributed by atoms with Crippen molar-refractivity contribution in [3.63, 3.8) is 0 Å². The van der Waals surface area contributed by atoms with Gasteiger partial charge in [0.15, 0.2) is 5.82 Å². The van der Waals surface area contributed by atoms with Crippen molar-refractivity contribution in [2.24, 2.45) is 11.7 Å². The highest BCUT2D eigenvalue weighted by atomic mass is 32.2. The van der Waals surface area contributed by atoms with Gasteiger partial charge < -0.3 is 10.3 Å². The van der Waals surface area contributed by atoms with Crippen molar-refractivity contribution in [1.82, 2.24) is 10.1 Å². The fourth-order valence-electron chi connectivity index (χ4n) is 2.31. The van der Waals surface area contributed by atoms with E-state index in [1.807, 2.05) is 11.8 Å². The molecule has 1 aliphatic carbocycles. The molecular weight excluding hydrogens is 222 g/mol. The van der Waals surface area contributed by atoms with Crippen LogP contribution in [0.5, 0.6) is 0 Å². The van der Waals surface area contributed by atoms with Gasteiger partial charge in [-0.3, -0.25) is 0 Å². The summed E-state index contributed by atoms with van der Waals surface area (Å²) < 4.78 is 5.35. The molecule has 2 N–H and O–H groups in total. The van der Waals surface area contributed by atoms with Gasteiger partial charge in [0, 0.05) is 5.92 Å². The molecule has 0 radical (unpaired) electrons. The predicted octanol–water partition coefficient (Wildman–Crippen LogP) is 2.17. The third-order valence-corrected chi connectivity index (χ3v) is 4.07. The molecule has 1 aromatic heterocycles. The number of aromatic nitrogens is 2. The van der Waals surface area contributed by atoms with Gasteiger partial charge in [-0.05, 0) is 31.1 Å². The molecule has 0 saturated heterocycles. The molecule has 1 saturated carbocycles. The lowest BCUT2D eigenvalue weighted by atomic mass is 9.96. The Bertz CT molecular complexity index is 329. The van der Waals surface area contributed by atoms with Crippen LogP contribution in [0.25, 0.3) is 0 Å². The van der Waals surface area contributed by atoms with E-state index in [9.17, 15) is 0 Å². The van der Waals surface area contributed by atoms with E-state index in [0.717, 1.165) is 36.2 Å². The Morgan fingerprint density at radius 1 is 1.50 bits per heavy atom. The van der Waals surface area contributed by atoms with Crippen LogP contribution in [-0.4, -0.2) is 22.4 Å². The smallest absolute Gasteiger partial charge is 0.230 e. The van der Waals surface area contributed by atoms with Gasteiger partial charge in [0.05, 0.1) is 5.75 Å². The Morgan fingerprint density at radius 2 is 2.38 bits per heavy atom. The van der Waals surface area contributed by atoms with Crippen LogP contribution in [0.3, 0.4) is 0 Å². The van der Waals surface area contributed by atoms with Gasteiger partial charge in [-0.2, -0.15) is 16.7 Å². The Labute approximate surface area is 100 Å². The molecule has 2 rings (SSSR count). The SMILES string of the molecule is CCSCc1noc(C2CCCC2CN)n1. The number of nitrogens with two attached hydrogens (primary N) is 1. The number of nitrogens with zero attached hydrogens (tertiary/aromatic N) is 2. The number of rotatable bonds is 5. The van der Waals surface area contributed by atoms with Gasteiger partial charge >= 0.3 is 0 Å². The van der Waals surface area contributed by atoms with Crippen LogP contribution < -0.4 is 5.73 Å². The molecule has 0 amide bonds. The van der Waals surface area contributed by atoms with E-state index in [-0.39, 0.29) is 0 Å². The highest BCUT2D eigenvalue weighted by Crippen LogP contribution is 2.38. The minimum Gasteiger partial charge on any atom is -0.339 e. The van der Waals surface area contributed by atoms with Crippen LogP contribution >= 0.6 is 11.8 Å². The summed E-state index contributed by atoms with van der Waals surface area (Å²) in [7, 11) is 0. The largest absolute Gasteiger partial charge is 0.339 e. The van der Waals surface area contributed by atoms with E-state index >= 15 is 0 Å². The maximum Gasteiger partial charge on any atom is 0.230 e. The van der Waals surface area contributed by atoms with Crippen LogP contribution in [0.15, 0.2) is 4.52 Å². The minimum atomic E-state index is 0.401. The zero-order valence-corrected chi connectivity index (χ0v) is 10.5. The summed E-state index contributed by atoms with van der Waals surface area (Å²) in [5, 5.41) is 4.02. The topological polar surface area (TPSA) is 64.9 Å². The third kappa shape index (κ3) is 2.58. The summed E-state index contributed by atoms with van der Waals surface area (Å²) in [5.74, 6) is 4.49. The lowest BCUT2D eigenvalue weighted by Crippen LogP contribution is -2.17. The first-order valence-corrected chi connectivity index (χ1v) is 7.11. The molecule has 0 spiro atoms. The number of hydrogen-bond acceptors (Lipinski definition) is 5. The average Bonchev–Trinajstić information content (AvgIpc) is 2.94. The summed E-state index contributed by atoms with van der Waals surface area (Å²) >= 11 is 1.81. The molecule has 0 aromatic carbocycles. The van der Waals surface area contributed by atoms with Crippen molar-refractivity contribution >= 4 is 11.8 Å². The van der Waals surface area contributed by atoms with E-state index in [4.69, 9.17) is 10.3 Å². The predicted molar refractivity (Wildman–Crippen MR) is 65.3 cm³/mol. The third-order valence-electron chi connectivity index (χ3n) is 3.20. The summed E-state index contributed by atoms with van der Waals surface area (Å²) in [6.07, 6.45) is 3.57. The average molecular weight is 241 g/mol. The van der Waals surface area contributed by atoms with Gasteiger partial charge in [-0.25, -0.2) is 0 Å². The Hall–Kier alpha value is -0.550. The van der Waals surface area contributed by atoms with Gasteiger partial charge in [0.2, 0.25) is 5.89 Å². The highest BCUT2D eigenvalue weighted by Gasteiger charge is 2.31. The summed E-state index contributed by atoms with van der Waals surface area (Å²) in [6, 6.07) is 0. The van der Waals surface area contributed by atoms with Crippen LogP contribution in [0.4, 0.5) is 0 Å². The number of thioether (sulfide) groups is 1. The summed E-state index contributed by atoms with van der Waals surface area (Å²) in [5.41, 5.74) is 5.75. The maximum atomic E-state index is 5.75. The van der Waals surface area contributed by atoms with E-state index in [0.29, 0.717) is 11.8 Å². The standard InChI is InChI=1S/C11H19N3OS/c1-2-16-7-10-13-11(15-14-10)9-5-3-4-8(9)6-12/h8-9H,2-7,12H2,1H3. The molecule has 1 fully saturated rings. The van der Waals surface area contributed by atoms with E-state index in [2.05, 4.69) is 17.1 Å².